The highest BCUT2D eigenvalue weighted by molar-refractivity contribution is 7.89. The van der Waals surface area contributed by atoms with Crippen molar-refractivity contribution in [1.29, 1.82) is 0 Å². The zero-order chi connectivity index (χ0) is 21.2. The summed E-state index contributed by atoms with van der Waals surface area (Å²) in [6, 6.07) is 4.51. The van der Waals surface area contributed by atoms with Crippen LogP contribution >= 0.6 is 0 Å². The van der Waals surface area contributed by atoms with Crippen molar-refractivity contribution in [2.24, 2.45) is 0 Å². The van der Waals surface area contributed by atoms with Gasteiger partial charge in [0.2, 0.25) is 21.8 Å². The summed E-state index contributed by atoms with van der Waals surface area (Å²) in [7, 11) is -3.76. The van der Waals surface area contributed by atoms with Crippen LogP contribution in [0.3, 0.4) is 0 Å². The zero-order valence-corrected chi connectivity index (χ0v) is 17.9. The number of carbonyl (C=O) groups is 2. The molecule has 1 aromatic carbocycles. The van der Waals surface area contributed by atoms with Crippen LogP contribution in [0.15, 0.2) is 23.1 Å². The largest absolute Gasteiger partial charge is 0.492 e. The Morgan fingerprint density at radius 1 is 1.04 bits per heavy atom. The van der Waals surface area contributed by atoms with Gasteiger partial charge in [0, 0.05) is 38.2 Å². The van der Waals surface area contributed by atoms with Crippen LogP contribution in [0, 0.1) is 0 Å². The fraction of sp³-hybridized carbons (Fsp3) is 0.579. The third-order valence-corrected chi connectivity index (χ3v) is 6.07. The zero-order valence-electron chi connectivity index (χ0n) is 17.1. The molecule has 8 nitrogen and oxygen atoms in total. The van der Waals surface area contributed by atoms with Crippen molar-refractivity contribution < 1.29 is 22.7 Å². The first-order valence-corrected chi connectivity index (χ1v) is 11.1. The average molecular weight is 414 g/mol. The highest BCUT2D eigenvalue weighted by Crippen LogP contribution is 2.30. The lowest BCUT2D eigenvalue weighted by Crippen LogP contribution is -2.31. The van der Waals surface area contributed by atoms with E-state index in [2.05, 4.69) is 10.6 Å². The van der Waals surface area contributed by atoms with Crippen molar-refractivity contribution in [2.75, 3.05) is 31.6 Å². The van der Waals surface area contributed by atoms with E-state index in [0.29, 0.717) is 31.9 Å². The van der Waals surface area contributed by atoms with Crippen LogP contribution in [0.2, 0.25) is 0 Å². The van der Waals surface area contributed by atoms with Gasteiger partial charge >= 0.3 is 0 Å². The third-order valence-electron chi connectivity index (χ3n) is 4.00. The van der Waals surface area contributed by atoms with Crippen LogP contribution < -0.4 is 15.4 Å². The maximum Gasteiger partial charge on any atom is 0.246 e. The Hall–Kier alpha value is -2.13. The lowest BCUT2D eigenvalue weighted by atomic mass is 10.2. The highest BCUT2D eigenvalue weighted by Gasteiger charge is 2.26. The summed E-state index contributed by atoms with van der Waals surface area (Å²) < 4.78 is 32.6. The fourth-order valence-electron chi connectivity index (χ4n) is 2.57. The number of ether oxygens (including phenoxy) is 1. The molecular weight excluding hydrogens is 382 g/mol. The number of nitrogens with one attached hydrogen (secondary N) is 2. The van der Waals surface area contributed by atoms with Gasteiger partial charge in [-0.15, -0.1) is 0 Å². The second kappa shape index (κ2) is 11.7. The first kappa shape index (κ1) is 23.9. The van der Waals surface area contributed by atoms with Gasteiger partial charge in [0.15, 0.2) is 0 Å². The molecule has 1 aromatic rings. The molecule has 0 aliphatic rings. The standard InChI is InChI=1S/C19H31N3O5S/c1-5-13-20-18(23)11-12-19(24)21-15-9-10-16(27-8-4)17(14-15)28(25,26)22(6-2)7-3/h9-10,14H,5-8,11-13H2,1-4H3,(H,20,23)(H,21,24). The second-order valence-electron chi connectivity index (χ2n) is 6.08. The number of anilines is 1. The van der Waals surface area contributed by atoms with E-state index in [-0.39, 0.29) is 35.3 Å². The molecule has 0 saturated heterocycles. The lowest BCUT2D eigenvalue weighted by Gasteiger charge is -2.21. The van der Waals surface area contributed by atoms with Crippen molar-refractivity contribution in [3.8, 4) is 5.75 Å². The number of rotatable bonds is 12. The van der Waals surface area contributed by atoms with E-state index in [0.717, 1.165) is 6.42 Å². The summed E-state index contributed by atoms with van der Waals surface area (Å²) in [6.07, 6.45) is 0.919. The molecule has 1 rings (SSSR count). The first-order valence-electron chi connectivity index (χ1n) is 9.63. The second-order valence-corrected chi connectivity index (χ2v) is 7.99. The normalized spacial score (nSPS) is 11.3. The molecule has 9 heteroatoms. The Morgan fingerprint density at radius 3 is 2.25 bits per heavy atom. The molecule has 0 aliphatic carbocycles. The molecule has 0 radical (unpaired) electrons. The molecule has 0 atom stereocenters. The number of nitrogens with zero attached hydrogens (tertiary/aromatic N) is 1. The van der Waals surface area contributed by atoms with Crippen molar-refractivity contribution >= 4 is 27.5 Å². The van der Waals surface area contributed by atoms with Gasteiger partial charge in [-0.25, -0.2) is 8.42 Å². The summed E-state index contributed by atoms with van der Waals surface area (Å²) in [5.41, 5.74) is 0.341. The SMILES string of the molecule is CCCNC(=O)CCC(=O)Nc1ccc(OCC)c(S(=O)(=O)N(CC)CC)c1. The molecule has 0 unspecified atom stereocenters. The minimum atomic E-state index is -3.76. The Labute approximate surface area is 167 Å². The van der Waals surface area contributed by atoms with Crippen molar-refractivity contribution in [3.63, 3.8) is 0 Å². The van der Waals surface area contributed by atoms with Gasteiger partial charge in [-0.05, 0) is 31.5 Å². The fourth-order valence-corrected chi connectivity index (χ4v) is 4.18. The van der Waals surface area contributed by atoms with E-state index in [1.807, 2.05) is 6.92 Å². The van der Waals surface area contributed by atoms with Crippen LogP contribution in [0.25, 0.3) is 0 Å². The number of sulfonamides is 1. The van der Waals surface area contributed by atoms with Crippen LogP contribution in [0.1, 0.15) is 47.0 Å². The van der Waals surface area contributed by atoms with Gasteiger partial charge in [0.25, 0.3) is 0 Å². The van der Waals surface area contributed by atoms with Gasteiger partial charge in [0.05, 0.1) is 6.61 Å². The lowest BCUT2D eigenvalue weighted by molar-refractivity contribution is -0.124. The summed E-state index contributed by atoms with van der Waals surface area (Å²) in [4.78, 5) is 23.7. The molecule has 158 valence electrons. The van der Waals surface area contributed by atoms with Crippen LogP contribution in [-0.2, 0) is 19.6 Å². The van der Waals surface area contributed by atoms with Crippen LogP contribution in [0.4, 0.5) is 5.69 Å². The monoisotopic (exact) mass is 413 g/mol. The van der Waals surface area contributed by atoms with Gasteiger partial charge < -0.3 is 15.4 Å². The van der Waals surface area contributed by atoms with Crippen LogP contribution in [-0.4, -0.2) is 50.8 Å². The van der Waals surface area contributed by atoms with E-state index in [9.17, 15) is 18.0 Å². The highest BCUT2D eigenvalue weighted by atomic mass is 32.2. The summed E-state index contributed by atoms with van der Waals surface area (Å²) >= 11 is 0. The molecule has 2 N–H and O–H groups in total. The summed E-state index contributed by atoms with van der Waals surface area (Å²) in [6.45, 7) is 8.79. The van der Waals surface area contributed by atoms with E-state index >= 15 is 0 Å². The smallest absolute Gasteiger partial charge is 0.246 e. The number of amides is 2. The molecule has 28 heavy (non-hydrogen) atoms. The maximum absolute atomic E-state index is 12.9. The Balaban J connectivity index is 2.97. The number of hydrogen-bond acceptors (Lipinski definition) is 5. The molecule has 0 heterocycles. The minimum absolute atomic E-state index is 0.0107. The van der Waals surface area contributed by atoms with E-state index < -0.39 is 10.0 Å². The summed E-state index contributed by atoms with van der Waals surface area (Å²) in [5, 5.41) is 5.36. The van der Waals surface area contributed by atoms with Gasteiger partial charge in [-0.1, -0.05) is 20.8 Å². The molecule has 0 aromatic heterocycles. The predicted octanol–water partition coefficient (Wildman–Crippen LogP) is 2.36. The topological polar surface area (TPSA) is 105 Å². The Morgan fingerprint density at radius 2 is 1.68 bits per heavy atom. The number of benzene rings is 1. The maximum atomic E-state index is 12.9. The van der Waals surface area contributed by atoms with E-state index in [4.69, 9.17) is 4.74 Å². The molecule has 0 bridgehead atoms. The molecule has 2 amide bonds. The molecule has 0 fully saturated rings. The van der Waals surface area contributed by atoms with Crippen molar-refractivity contribution in [2.45, 2.75) is 51.9 Å². The molecular formula is C19H31N3O5S. The van der Waals surface area contributed by atoms with Gasteiger partial charge in [-0.2, -0.15) is 4.31 Å². The van der Waals surface area contributed by atoms with Gasteiger partial charge in [0.1, 0.15) is 10.6 Å². The third kappa shape index (κ3) is 6.79. The molecule has 0 aliphatic heterocycles. The first-order chi connectivity index (χ1) is 13.3. The van der Waals surface area contributed by atoms with Gasteiger partial charge in [-0.3, -0.25) is 9.59 Å². The quantitative estimate of drug-likeness (QED) is 0.547. The molecule has 0 spiro atoms. The van der Waals surface area contributed by atoms with Crippen molar-refractivity contribution in [3.05, 3.63) is 18.2 Å². The van der Waals surface area contributed by atoms with E-state index in [1.54, 1.807) is 26.8 Å². The van der Waals surface area contributed by atoms with E-state index in [1.165, 1.54) is 16.4 Å². The minimum Gasteiger partial charge on any atom is -0.492 e. The predicted molar refractivity (Wildman–Crippen MR) is 109 cm³/mol. The average Bonchev–Trinajstić information content (AvgIpc) is 2.66. The van der Waals surface area contributed by atoms with Crippen LogP contribution in [0.5, 0.6) is 5.75 Å². The molecule has 0 saturated carbocycles. The number of hydrogen-bond donors (Lipinski definition) is 2. The number of carbonyl (C=O) groups excluding carboxylic acids is 2. The Bertz CT molecular complexity index is 761. The summed E-state index contributed by atoms with van der Waals surface area (Å²) in [5.74, 6) is -0.304. The van der Waals surface area contributed by atoms with Crippen molar-refractivity contribution in [1.82, 2.24) is 9.62 Å². The Kier molecular flexibility index (Phi) is 9.95.